The van der Waals surface area contributed by atoms with E-state index in [0.717, 1.165) is 36.3 Å². The van der Waals surface area contributed by atoms with Crippen LogP contribution in [0.4, 0.5) is 11.4 Å². The van der Waals surface area contributed by atoms with Gasteiger partial charge < -0.3 is 16.4 Å². The smallest absolute Gasteiger partial charge is 0.236 e. The lowest BCUT2D eigenvalue weighted by atomic mass is 10.00. The van der Waals surface area contributed by atoms with Gasteiger partial charge >= 0.3 is 0 Å². The van der Waals surface area contributed by atoms with Crippen LogP contribution in [0.2, 0.25) is 0 Å². The first kappa shape index (κ1) is 9.83. The summed E-state index contributed by atoms with van der Waals surface area (Å²) < 4.78 is 0. The van der Waals surface area contributed by atoms with Crippen LogP contribution in [0.15, 0.2) is 18.2 Å². The lowest BCUT2D eigenvalue weighted by Crippen LogP contribution is -2.37. The van der Waals surface area contributed by atoms with E-state index >= 15 is 0 Å². The van der Waals surface area contributed by atoms with Crippen molar-refractivity contribution < 1.29 is 4.79 Å². The van der Waals surface area contributed by atoms with Gasteiger partial charge in [0.1, 0.15) is 0 Å². The zero-order chi connectivity index (χ0) is 10.8. The molecular weight excluding hydrogens is 190 g/mol. The van der Waals surface area contributed by atoms with Gasteiger partial charge in [0.05, 0.1) is 6.54 Å². The number of nitrogen functional groups attached to an aromatic ring is 1. The number of rotatable bonds is 2. The summed E-state index contributed by atoms with van der Waals surface area (Å²) in [5.74, 6) is -0.301. The lowest BCUT2D eigenvalue weighted by Gasteiger charge is -2.30. The van der Waals surface area contributed by atoms with Gasteiger partial charge in [-0.05, 0) is 30.5 Å². The van der Waals surface area contributed by atoms with Crippen molar-refractivity contribution in [1.82, 2.24) is 0 Å². The van der Waals surface area contributed by atoms with Crippen LogP contribution >= 0.6 is 0 Å². The van der Waals surface area contributed by atoms with Crippen molar-refractivity contribution in [3.05, 3.63) is 23.8 Å². The molecule has 0 radical (unpaired) electrons. The van der Waals surface area contributed by atoms with Crippen LogP contribution in [0.25, 0.3) is 0 Å². The molecule has 15 heavy (non-hydrogen) atoms. The minimum absolute atomic E-state index is 0.274. The average Bonchev–Trinajstić information content (AvgIpc) is 2.19. The van der Waals surface area contributed by atoms with Crippen molar-refractivity contribution in [2.45, 2.75) is 12.8 Å². The van der Waals surface area contributed by atoms with Crippen molar-refractivity contribution in [3.63, 3.8) is 0 Å². The fourth-order valence-corrected chi connectivity index (χ4v) is 2.08. The molecule has 1 aliphatic heterocycles. The van der Waals surface area contributed by atoms with E-state index in [2.05, 4.69) is 0 Å². The van der Waals surface area contributed by atoms with E-state index in [1.807, 2.05) is 23.1 Å². The molecule has 0 aromatic heterocycles. The molecule has 4 N–H and O–H groups in total. The van der Waals surface area contributed by atoms with Crippen LogP contribution in [-0.2, 0) is 11.2 Å². The van der Waals surface area contributed by atoms with Crippen molar-refractivity contribution >= 4 is 17.3 Å². The highest BCUT2D eigenvalue weighted by molar-refractivity contribution is 5.81. The molecule has 0 fully saturated rings. The van der Waals surface area contributed by atoms with E-state index in [9.17, 15) is 4.79 Å². The average molecular weight is 205 g/mol. The Morgan fingerprint density at radius 2 is 2.27 bits per heavy atom. The summed E-state index contributed by atoms with van der Waals surface area (Å²) in [6.45, 7) is 1.15. The van der Waals surface area contributed by atoms with Gasteiger partial charge in [0.25, 0.3) is 0 Å². The van der Waals surface area contributed by atoms with E-state index in [-0.39, 0.29) is 12.5 Å². The molecule has 1 aromatic rings. The number of carbonyl (C=O) groups is 1. The van der Waals surface area contributed by atoms with Gasteiger partial charge in [-0.15, -0.1) is 0 Å². The Bertz CT molecular complexity index is 389. The molecule has 0 bridgehead atoms. The molecule has 4 nitrogen and oxygen atoms in total. The highest BCUT2D eigenvalue weighted by Gasteiger charge is 2.19. The number of hydrogen-bond acceptors (Lipinski definition) is 3. The minimum atomic E-state index is -0.301. The predicted octanol–water partition coefficient (Wildman–Crippen LogP) is 0.507. The summed E-state index contributed by atoms with van der Waals surface area (Å²) in [5, 5.41) is 0. The molecule has 0 spiro atoms. The SMILES string of the molecule is NC(=O)CN1CCCc2c(N)cccc21. The molecule has 1 aliphatic rings. The van der Waals surface area contributed by atoms with Gasteiger partial charge in [-0.3, -0.25) is 4.79 Å². The molecule has 1 heterocycles. The molecule has 0 saturated carbocycles. The molecule has 0 atom stereocenters. The Balaban J connectivity index is 2.34. The van der Waals surface area contributed by atoms with Crippen LogP contribution in [0.5, 0.6) is 0 Å². The molecule has 1 amide bonds. The first-order valence-electron chi connectivity index (χ1n) is 5.09. The van der Waals surface area contributed by atoms with Crippen molar-refractivity contribution in [3.8, 4) is 0 Å². The number of nitrogens with two attached hydrogens (primary N) is 2. The molecule has 80 valence electrons. The molecule has 0 unspecified atom stereocenters. The molecule has 4 heteroatoms. The maximum Gasteiger partial charge on any atom is 0.236 e. The van der Waals surface area contributed by atoms with Crippen LogP contribution in [0.3, 0.4) is 0 Å². The fourth-order valence-electron chi connectivity index (χ4n) is 2.08. The number of hydrogen-bond donors (Lipinski definition) is 2. The summed E-state index contributed by atoms with van der Waals surface area (Å²) in [6.07, 6.45) is 2.01. The number of primary amides is 1. The normalized spacial score (nSPS) is 14.8. The third-order valence-electron chi connectivity index (χ3n) is 2.73. The quantitative estimate of drug-likeness (QED) is 0.691. The highest BCUT2D eigenvalue weighted by Crippen LogP contribution is 2.30. The lowest BCUT2D eigenvalue weighted by molar-refractivity contribution is -0.116. The van der Waals surface area contributed by atoms with Crippen LogP contribution in [0, 0.1) is 0 Å². The first-order chi connectivity index (χ1) is 7.18. The number of anilines is 2. The van der Waals surface area contributed by atoms with Gasteiger partial charge in [-0.2, -0.15) is 0 Å². The highest BCUT2D eigenvalue weighted by atomic mass is 16.1. The molecule has 1 aromatic carbocycles. The van der Waals surface area contributed by atoms with Crippen molar-refractivity contribution in [1.29, 1.82) is 0 Å². The molecule has 0 saturated heterocycles. The van der Waals surface area contributed by atoms with Crippen molar-refractivity contribution in [2.75, 3.05) is 23.7 Å². The summed E-state index contributed by atoms with van der Waals surface area (Å²) in [5.41, 5.74) is 14.1. The van der Waals surface area contributed by atoms with Crippen LogP contribution in [0.1, 0.15) is 12.0 Å². The van der Waals surface area contributed by atoms with Gasteiger partial charge in [-0.1, -0.05) is 6.07 Å². The zero-order valence-corrected chi connectivity index (χ0v) is 8.57. The number of benzene rings is 1. The fraction of sp³-hybridized carbons (Fsp3) is 0.364. The van der Waals surface area contributed by atoms with Gasteiger partial charge in [-0.25, -0.2) is 0 Å². The minimum Gasteiger partial charge on any atom is -0.398 e. The first-order valence-corrected chi connectivity index (χ1v) is 5.09. The van der Waals surface area contributed by atoms with E-state index in [0.29, 0.717) is 0 Å². The van der Waals surface area contributed by atoms with E-state index in [4.69, 9.17) is 11.5 Å². The van der Waals surface area contributed by atoms with Crippen LogP contribution in [-0.4, -0.2) is 19.0 Å². The van der Waals surface area contributed by atoms with E-state index < -0.39 is 0 Å². The Kier molecular flexibility index (Phi) is 2.49. The summed E-state index contributed by atoms with van der Waals surface area (Å²) in [6, 6.07) is 5.80. The third kappa shape index (κ3) is 1.88. The summed E-state index contributed by atoms with van der Waals surface area (Å²) in [4.78, 5) is 12.9. The standard InChI is InChI=1S/C11H15N3O/c12-9-4-1-5-10-8(9)3-2-6-14(10)7-11(13)15/h1,4-5H,2-3,6-7,12H2,(H2,13,15). The third-order valence-corrected chi connectivity index (χ3v) is 2.73. The molecule has 2 rings (SSSR count). The second-order valence-electron chi connectivity index (χ2n) is 3.84. The maximum absolute atomic E-state index is 10.9. The van der Waals surface area contributed by atoms with E-state index in [1.54, 1.807) is 0 Å². The van der Waals surface area contributed by atoms with Gasteiger partial charge in [0, 0.05) is 17.9 Å². The van der Waals surface area contributed by atoms with E-state index in [1.165, 1.54) is 0 Å². The number of amides is 1. The van der Waals surface area contributed by atoms with Crippen LogP contribution < -0.4 is 16.4 Å². The van der Waals surface area contributed by atoms with Gasteiger partial charge in [0.15, 0.2) is 0 Å². The Morgan fingerprint density at radius 3 is 3.00 bits per heavy atom. The Hall–Kier alpha value is -1.71. The molecule has 0 aliphatic carbocycles. The summed E-state index contributed by atoms with van der Waals surface area (Å²) in [7, 11) is 0. The maximum atomic E-state index is 10.9. The predicted molar refractivity (Wildman–Crippen MR) is 60.6 cm³/mol. The van der Waals surface area contributed by atoms with Gasteiger partial charge in [0.2, 0.25) is 5.91 Å². The number of carbonyl (C=O) groups excluding carboxylic acids is 1. The second-order valence-corrected chi connectivity index (χ2v) is 3.84. The van der Waals surface area contributed by atoms with Crippen molar-refractivity contribution in [2.24, 2.45) is 5.73 Å². The largest absolute Gasteiger partial charge is 0.398 e. The summed E-state index contributed by atoms with van der Waals surface area (Å²) >= 11 is 0. The second kappa shape index (κ2) is 3.81. The molecular formula is C11H15N3O. The monoisotopic (exact) mass is 205 g/mol. The number of nitrogens with zero attached hydrogens (tertiary/aromatic N) is 1. The Labute approximate surface area is 88.9 Å². The topological polar surface area (TPSA) is 72.4 Å². The number of fused-ring (bicyclic) bond motifs is 1. The Morgan fingerprint density at radius 1 is 1.47 bits per heavy atom. The zero-order valence-electron chi connectivity index (χ0n) is 8.57.